The van der Waals surface area contributed by atoms with Gasteiger partial charge in [0.1, 0.15) is 0 Å². The first-order valence-electron chi connectivity index (χ1n) is 8.33. The first kappa shape index (κ1) is 17.5. The van der Waals surface area contributed by atoms with Crippen molar-refractivity contribution in [2.45, 2.75) is 20.3 Å². The van der Waals surface area contributed by atoms with Gasteiger partial charge in [-0.1, -0.05) is 29.8 Å². The van der Waals surface area contributed by atoms with E-state index in [9.17, 15) is 4.79 Å². The molecule has 0 aliphatic carbocycles. The van der Waals surface area contributed by atoms with Gasteiger partial charge in [-0.2, -0.15) is 0 Å². The number of aromatic nitrogens is 2. The Bertz CT molecular complexity index is 894. The SMILES string of the molecule is CC(C)CCNC(=O)c1cc(-c2cccnc2)nc2ccc(Br)cc12. The number of carbonyl (C=O) groups excluding carboxylic acids is 1. The van der Waals surface area contributed by atoms with Crippen LogP contribution in [0.15, 0.2) is 53.3 Å². The predicted octanol–water partition coefficient (Wildman–Crippen LogP) is 4.84. The highest BCUT2D eigenvalue weighted by atomic mass is 79.9. The molecular formula is C20H20BrN3O. The van der Waals surface area contributed by atoms with E-state index < -0.39 is 0 Å². The third kappa shape index (κ3) is 4.23. The van der Waals surface area contributed by atoms with Crippen molar-refractivity contribution in [2.75, 3.05) is 6.54 Å². The van der Waals surface area contributed by atoms with E-state index in [-0.39, 0.29) is 5.91 Å². The highest BCUT2D eigenvalue weighted by Gasteiger charge is 2.14. The Morgan fingerprint density at radius 1 is 1.24 bits per heavy atom. The summed E-state index contributed by atoms with van der Waals surface area (Å²) in [4.78, 5) is 21.6. The largest absolute Gasteiger partial charge is 0.352 e. The number of pyridine rings is 2. The van der Waals surface area contributed by atoms with Crippen molar-refractivity contribution in [1.82, 2.24) is 15.3 Å². The summed E-state index contributed by atoms with van der Waals surface area (Å²) in [6.07, 6.45) is 4.43. The first-order valence-corrected chi connectivity index (χ1v) is 9.13. The van der Waals surface area contributed by atoms with Gasteiger partial charge in [-0.3, -0.25) is 9.78 Å². The topological polar surface area (TPSA) is 54.9 Å². The Kier molecular flexibility index (Phi) is 5.43. The molecule has 0 saturated carbocycles. The number of amides is 1. The molecule has 25 heavy (non-hydrogen) atoms. The smallest absolute Gasteiger partial charge is 0.252 e. The summed E-state index contributed by atoms with van der Waals surface area (Å²) >= 11 is 3.48. The fraction of sp³-hybridized carbons (Fsp3) is 0.250. The Balaban J connectivity index is 2.04. The van der Waals surface area contributed by atoms with Crippen LogP contribution in [0, 0.1) is 5.92 Å². The van der Waals surface area contributed by atoms with Crippen LogP contribution in [0.25, 0.3) is 22.2 Å². The highest BCUT2D eigenvalue weighted by molar-refractivity contribution is 9.10. The van der Waals surface area contributed by atoms with Crippen LogP contribution < -0.4 is 5.32 Å². The van der Waals surface area contributed by atoms with Gasteiger partial charge in [-0.15, -0.1) is 0 Å². The summed E-state index contributed by atoms with van der Waals surface area (Å²) in [5.74, 6) is 0.478. The van der Waals surface area contributed by atoms with E-state index >= 15 is 0 Å². The number of carbonyl (C=O) groups is 1. The molecule has 0 atom stereocenters. The van der Waals surface area contributed by atoms with E-state index in [1.807, 2.05) is 36.4 Å². The second kappa shape index (κ2) is 7.74. The van der Waals surface area contributed by atoms with Gasteiger partial charge in [0.2, 0.25) is 0 Å². The number of nitrogens with zero attached hydrogens (tertiary/aromatic N) is 2. The molecule has 2 aromatic heterocycles. The van der Waals surface area contributed by atoms with Crippen LogP contribution in [-0.2, 0) is 0 Å². The minimum atomic E-state index is -0.0729. The zero-order valence-electron chi connectivity index (χ0n) is 14.3. The monoisotopic (exact) mass is 397 g/mol. The summed E-state index contributed by atoms with van der Waals surface area (Å²) in [5.41, 5.74) is 3.06. The molecule has 0 aliphatic heterocycles. The predicted molar refractivity (Wildman–Crippen MR) is 104 cm³/mol. The lowest BCUT2D eigenvalue weighted by Gasteiger charge is -2.11. The summed E-state index contributed by atoms with van der Waals surface area (Å²) in [6, 6.07) is 11.4. The molecule has 3 rings (SSSR count). The lowest BCUT2D eigenvalue weighted by molar-refractivity contribution is 0.0953. The van der Waals surface area contributed by atoms with E-state index in [2.05, 4.69) is 40.1 Å². The van der Waals surface area contributed by atoms with Gasteiger partial charge in [0.15, 0.2) is 0 Å². The first-order chi connectivity index (χ1) is 12.0. The number of hydrogen-bond acceptors (Lipinski definition) is 3. The van der Waals surface area contributed by atoms with Crippen LogP contribution in [-0.4, -0.2) is 22.4 Å². The summed E-state index contributed by atoms with van der Waals surface area (Å²) in [5, 5.41) is 3.86. The van der Waals surface area contributed by atoms with Gasteiger partial charge >= 0.3 is 0 Å². The van der Waals surface area contributed by atoms with Crippen molar-refractivity contribution in [2.24, 2.45) is 5.92 Å². The minimum absolute atomic E-state index is 0.0729. The van der Waals surface area contributed by atoms with Crippen molar-refractivity contribution < 1.29 is 4.79 Å². The summed E-state index contributed by atoms with van der Waals surface area (Å²) in [7, 11) is 0. The molecule has 3 aromatic rings. The maximum absolute atomic E-state index is 12.8. The normalized spacial score (nSPS) is 11.0. The molecule has 0 radical (unpaired) electrons. The Morgan fingerprint density at radius 3 is 2.80 bits per heavy atom. The van der Waals surface area contributed by atoms with Gasteiger partial charge in [0.25, 0.3) is 5.91 Å². The molecule has 0 unspecified atom stereocenters. The molecule has 4 nitrogen and oxygen atoms in total. The molecule has 0 bridgehead atoms. The molecular weight excluding hydrogens is 378 g/mol. The van der Waals surface area contributed by atoms with Crippen molar-refractivity contribution in [3.05, 3.63) is 58.8 Å². The van der Waals surface area contributed by atoms with Crippen LogP contribution in [0.1, 0.15) is 30.6 Å². The lowest BCUT2D eigenvalue weighted by Crippen LogP contribution is -2.25. The standard InChI is InChI=1S/C20H20BrN3O/c1-13(2)7-9-23-20(25)17-11-19(14-4-3-8-22-12-14)24-18-6-5-15(21)10-16(17)18/h3-6,8,10-13H,7,9H2,1-2H3,(H,23,25). The Labute approximate surface area is 155 Å². The fourth-order valence-electron chi connectivity index (χ4n) is 2.62. The maximum atomic E-state index is 12.8. The number of nitrogens with one attached hydrogen (secondary N) is 1. The average molecular weight is 398 g/mol. The van der Waals surface area contributed by atoms with Crippen LogP contribution >= 0.6 is 15.9 Å². The molecule has 0 aliphatic rings. The molecule has 0 fully saturated rings. The van der Waals surface area contributed by atoms with Gasteiger partial charge in [0, 0.05) is 34.4 Å². The van der Waals surface area contributed by atoms with E-state index in [1.165, 1.54) is 0 Å². The van der Waals surface area contributed by atoms with Gasteiger partial charge in [0.05, 0.1) is 16.8 Å². The van der Waals surface area contributed by atoms with Crippen LogP contribution in [0.4, 0.5) is 0 Å². The third-order valence-electron chi connectivity index (χ3n) is 3.98. The number of fused-ring (bicyclic) bond motifs is 1. The number of rotatable bonds is 5. The third-order valence-corrected chi connectivity index (χ3v) is 4.47. The molecule has 0 saturated heterocycles. The molecule has 128 valence electrons. The van der Waals surface area contributed by atoms with Crippen molar-refractivity contribution >= 4 is 32.7 Å². The van der Waals surface area contributed by atoms with Gasteiger partial charge in [-0.05, 0) is 48.7 Å². The second-order valence-electron chi connectivity index (χ2n) is 6.40. The molecule has 1 aromatic carbocycles. The second-order valence-corrected chi connectivity index (χ2v) is 7.31. The van der Waals surface area contributed by atoms with Crippen LogP contribution in [0.2, 0.25) is 0 Å². The lowest BCUT2D eigenvalue weighted by atomic mass is 10.0. The van der Waals surface area contributed by atoms with Gasteiger partial charge in [-0.25, -0.2) is 4.98 Å². The maximum Gasteiger partial charge on any atom is 0.252 e. The summed E-state index contributed by atoms with van der Waals surface area (Å²) < 4.78 is 0.923. The highest BCUT2D eigenvalue weighted by Crippen LogP contribution is 2.27. The van der Waals surface area contributed by atoms with E-state index in [0.29, 0.717) is 18.0 Å². The van der Waals surface area contributed by atoms with Crippen molar-refractivity contribution in [1.29, 1.82) is 0 Å². The zero-order valence-corrected chi connectivity index (χ0v) is 15.9. The molecule has 1 N–H and O–H groups in total. The van der Waals surface area contributed by atoms with Crippen molar-refractivity contribution in [3.63, 3.8) is 0 Å². The fourth-order valence-corrected chi connectivity index (χ4v) is 2.98. The molecule has 0 spiro atoms. The van der Waals surface area contributed by atoms with Crippen molar-refractivity contribution in [3.8, 4) is 11.3 Å². The minimum Gasteiger partial charge on any atom is -0.352 e. The van der Waals surface area contributed by atoms with E-state index in [1.54, 1.807) is 12.4 Å². The molecule has 2 heterocycles. The summed E-state index contributed by atoms with van der Waals surface area (Å²) in [6.45, 7) is 4.95. The Hall–Kier alpha value is -2.27. The molecule has 5 heteroatoms. The molecule has 1 amide bonds. The number of hydrogen-bond donors (Lipinski definition) is 1. The van der Waals surface area contributed by atoms with Crippen LogP contribution in [0.3, 0.4) is 0 Å². The van der Waals surface area contributed by atoms with Crippen LogP contribution in [0.5, 0.6) is 0 Å². The number of halogens is 1. The van der Waals surface area contributed by atoms with E-state index in [4.69, 9.17) is 4.98 Å². The van der Waals surface area contributed by atoms with E-state index in [0.717, 1.165) is 33.1 Å². The quantitative estimate of drug-likeness (QED) is 0.670. The number of benzene rings is 1. The Morgan fingerprint density at radius 2 is 2.08 bits per heavy atom. The zero-order chi connectivity index (χ0) is 17.8. The van der Waals surface area contributed by atoms with Gasteiger partial charge < -0.3 is 5.32 Å². The average Bonchev–Trinajstić information content (AvgIpc) is 2.61.